The summed E-state index contributed by atoms with van der Waals surface area (Å²) in [5.74, 6) is -0.219. The van der Waals surface area contributed by atoms with Crippen molar-refractivity contribution in [2.24, 2.45) is 0 Å². The Bertz CT molecular complexity index is 355. The van der Waals surface area contributed by atoms with Gasteiger partial charge in [0.25, 0.3) is 0 Å². The van der Waals surface area contributed by atoms with Gasteiger partial charge in [-0.3, -0.25) is 20.0 Å². The Morgan fingerprint density at radius 1 is 0.696 bits per heavy atom. The molecular weight excluding hydrogens is 288 g/mol. The summed E-state index contributed by atoms with van der Waals surface area (Å²) in [4.78, 5) is 8.05. The fraction of sp³-hybridized carbons (Fsp3) is 1.00. The molecule has 0 aromatic rings. The van der Waals surface area contributed by atoms with Gasteiger partial charge in [0, 0.05) is 32.7 Å². The summed E-state index contributed by atoms with van der Waals surface area (Å²) in [6.07, 6.45) is 11.1. The summed E-state index contributed by atoms with van der Waals surface area (Å²) >= 11 is 0. The summed E-state index contributed by atoms with van der Waals surface area (Å²) in [6.45, 7) is 9.08. The molecule has 4 heterocycles. The summed E-state index contributed by atoms with van der Waals surface area (Å²) in [5.41, 5.74) is 0. The number of ether oxygens (including phenoxy) is 1. The van der Waals surface area contributed by atoms with Gasteiger partial charge in [-0.25, -0.2) is 0 Å². The highest BCUT2D eigenvalue weighted by Gasteiger charge is 2.54. The topological polar surface area (TPSA) is 31.0 Å². The van der Waals surface area contributed by atoms with E-state index in [0.29, 0.717) is 6.17 Å². The van der Waals surface area contributed by atoms with E-state index in [4.69, 9.17) is 4.74 Å². The van der Waals surface area contributed by atoms with E-state index in [9.17, 15) is 0 Å². The summed E-state index contributed by atoms with van der Waals surface area (Å²) < 4.78 is 6.72. The number of likely N-dealkylation sites (tertiary alicyclic amines) is 3. The van der Waals surface area contributed by atoms with Crippen LogP contribution in [0.3, 0.4) is 0 Å². The lowest BCUT2D eigenvalue weighted by Crippen LogP contribution is -2.78. The SMILES string of the molecule is C1CCN(C2(N3CCCCC3)OCCNC2N2CCCC2)CC1. The predicted molar refractivity (Wildman–Crippen MR) is 92.1 cm³/mol. The van der Waals surface area contributed by atoms with Crippen LogP contribution < -0.4 is 5.32 Å². The number of rotatable bonds is 3. The zero-order chi connectivity index (χ0) is 15.5. The van der Waals surface area contributed by atoms with E-state index in [-0.39, 0.29) is 5.85 Å². The minimum absolute atomic E-state index is 0.219. The monoisotopic (exact) mass is 322 g/mol. The van der Waals surface area contributed by atoms with Crippen molar-refractivity contribution in [1.82, 2.24) is 20.0 Å². The Kier molecular flexibility index (Phi) is 5.21. The van der Waals surface area contributed by atoms with Crippen LogP contribution in [-0.2, 0) is 4.74 Å². The van der Waals surface area contributed by atoms with Gasteiger partial charge in [0.05, 0.1) is 6.61 Å². The average Bonchev–Trinajstić information content (AvgIpc) is 3.17. The number of nitrogens with one attached hydrogen (secondary N) is 1. The molecule has 4 aliphatic rings. The second kappa shape index (κ2) is 7.36. The van der Waals surface area contributed by atoms with Crippen molar-refractivity contribution in [3.05, 3.63) is 0 Å². The number of morpholine rings is 1. The van der Waals surface area contributed by atoms with E-state index in [1.165, 1.54) is 90.6 Å². The van der Waals surface area contributed by atoms with Crippen molar-refractivity contribution in [3.8, 4) is 0 Å². The van der Waals surface area contributed by atoms with Crippen molar-refractivity contribution in [2.45, 2.75) is 63.4 Å². The Morgan fingerprint density at radius 2 is 1.22 bits per heavy atom. The summed E-state index contributed by atoms with van der Waals surface area (Å²) in [7, 11) is 0. The molecule has 4 saturated heterocycles. The van der Waals surface area contributed by atoms with Gasteiger partial charge >= 0.3 is 0 Å². The standard InChI is InChI=1S/C18H34N4O/c1-3-12-21(13-4-1)18(22-14-5-2-6-15-22)17(19-9-16-23-18)20-10-7-8-11-20/h17,19H,1-16H2. The molecule has 4 aliphatic heterocycles. The van der Waals surface area contributed by atoms with Gasteiger partial charge < -0.3 is 4.74 Å². The second-order valence-corrected chi connectivity index (χ2v) is 7.70. The average molecular weight is 322 g/mol. The van der Waals surface area contributed by atoms with Crippen LogP contribution in [0.25, 0.3) is 0 Å². The largest absolute Gasteiger partial charge is 0.343 e. The van der Waals surface area contributed by atoms with Crippen molar-refractivity contribution >= 4 is 0 Å². The first-order valence-corrected chi connectivity index (χ1v) is 10.0. The maximum Gasteiger partial charge on any atom is 0.209 e. The van der Waals surface area contributed by atoms with E-state index in [2.05, 4.69) is 20.0 Å². The molecule has 1 unspecified atom stereocenters. The minimum atomic E-state index is -0.219. The lowest BCUT2D eigenvalue weighted by Gasteiger charge is -2.59. The molecule has 1 atom stereocenters. The van der Waals surface area contributed by atoms with Crippen molar-refractivity contribution in [3.63, 3.8) is 0 Å². The molecular formula is C18H34N4O. The van der Waals surface area contributed by atoms with E-state index < -0.39 is 0 Å². The van der Waals surface area contributed by atoms with Crippen LogP contribution in [0.15, 0.2) is 0 Å². The van der Waals surface area contributed by atoms with Crippen LogP contribution in [0.5, 0.6) is 0 Å². The molecule has 1 N–H and O–H groups in total. The van der Waals surface area contributed by atoms with E-state index in [1.807, 2.05) is 0 Å². The Balaban J connectivity index is 1.65. The first-order valence-electron chi connectivity index (χ1n) is 10.0. The van der Waals surface area contributed by atoms with Crippen molar-refractivity contribution in [2.75, 3.05) is 52.4 Å². The molecule has 0 aromatic heterocycles. The van der Waals surface area contributed by atoms with Crippen LogP contribution in [0.1, 0.15) is 51.4 Å². The fourth-order valence-corrected chi connectivity index (χ4v) is 5.13. The molecule has 5 nitrogen and oxygen atoms in total. The number of piperidine rings is 2. The predicted octanol–water partition coefficient (Wildman–Crippen LogP) is 1.65. The third-order valence-corrected chi connectivity index (χ3v) is 6.23. The molecule has 132 valence electrons. The van der Waals surface area contributed by atoms with Crippen molar-refractivity contribution in [1.29, 1.82) is 0 Å². The smallest absolute Gasteiger partial charge is 0.209 e. The second-order valence-electron chi connectivity index (χ2n) is 7.70. The number of hydrogen-bond donors (Lipinski definition) is 1. The van der Waals surface area contributed by atoms with Gasteiger partial charge in [-0.1, -0.05) is 12.8 Å². The molecule has 23 heavy (non-hydrogen) atoms. The van der Waals surface area contributed by atoms with E-state index in [1.54, 1.807) is 0 Å². The zero-order valence-electron chi connectivity index (χ0n) is 14.6. The van der Waals surface area contributed by atoms with E-state index >= 15 is 0 Å². The maximum absolute atomic E-state index is 6.72. The Morgan fingerprint density at radius 3 is 1.78 bits per heavy atom. The molecule has 0 spiro atoms. The third-order valence-electron chi connectivity index (χ3n) is 6.23. The lowest BCUT2D eigenvalue weighted by molar-refractivity contribution is -0.305. The molecule has 0 radical (unpaired) electrons. The third kappa shape index (κ3) is 3.07. The van der Waals surface area contributed by atoms with Crippen LogP contribution >= 0.6 is 0 Å². The Hall–Kier alpha value is -0.200. The normalized spacial score (nSPS) is 34.7. The van der Waals surface area contributed by atoms with E-state index in [0.717, 1.165) is 13.2 Å². The van der Waals surface area contributed by atoms with Gasteiger partial charge in [0.15, 0.2) is 0 Å². The lowest BCUT2D eigenvalue weighted by atomic mass is 10.0. The van der Waals surface area contributed by atoms with Gasteiger partial charge in [-0.15, -0.1) is 0 Å². The van der Waals surface area contributed by atoms with Gasteiger partial charge in [-0.05, 0) is 51.6 Å². The molecule has 4 fully saturated rings. The Labute approximate surface area is 141 Å². The summed E-state index contributed by atoms with van der Waals surface area (Å²) in [6, 6.07) is 0. The first-order chi connectivity index (χ1) is 11.4. The molecule has 0 aliphatic carbocycles. The molecule has 0 saturated carbocycles. The van der Waals surface area contributed by atoms with Gasteiger partial charge in [0.2, 0.25) is 5.85 Å². The molecule has 0 aromatic carbocycles. The highest BCUT2D eigenvalue weighted by Crippen LogP contribution is 2.36. The van der Waals surface area contributed by atoms with Crippen LogP contribution in [0.2, 0.25) is 0 Å². The van der Waals surface area contributed by atoms with Crippen LogP contribution in [0.4, 0.5) is 0 Å². The quantitative estimate of drug-likeness (QED) is 0.854. The summed E-state index contributed by atoms with van der Waals surface area (Å²) in [5, 5.41) is 3.86. The fourth-order valence-electron chi connectivity index (χ4n) is 5.13. The number of hydrogen-bond acceptors (Lipinski definition) is 5. The van der Waals surface area contributed by atoms with Crippen LogP contribution in [-0.4, -0.2) is 79.1 Å². The first kappa shape index (κ1) is 16.3. The maximum atomic E-state index is 6.72. The molecule has 0 amide bonds. The van der Waals surface area contributed by atoms with Crippen molar-refractivity contribution < 1.29 is 4.74 Å². The molecule has 4 rings (SSSR count). The minimum Gasteiger partial charge on any atom is -0.343 e. The van der Waals surface area contributed by atoms with Crippen LogP contribution in [0, 0.1) is 0 Å². The van der Waals surface area contributed by atoms with Gasteiger partial charge in [0.1, 0.15) is 6.17 Å². The zero-order valence-corrected chi connectivity index (χ0v) is 14.6. The highest BCUT2D eigenvalue weighted by molar-refractivity contribution is 4.98. The highest BCUT2D eigenvalue weighted by atomic mass is 16.5. The van der Waals surface area contributed by atoms with Gasteiger partial charge in [-0.2, -0.15) is 0 Å². The molecule has 5 heteroatoms. The number of nitrogens with zero attached hydrogens (tertiary/aromatic N) is 3. The molecule has 0 bridgehead atoms.